The molecule has 0 saturated carbocycles. The van der Waals surface area contributed by atoms with E-state index in [1.54, 1.807) is 0 Å². The SMILES string of the molecule is CC(C)(C)[Si](C)(C)OC1CN(C(=O)O)CC1CO. The Kier molecular flexibility index (Phi) is 4.45. The first-order valence-corrected chi connectivity index (χ1v) is 9.26. The number of hydrogen-bond acceptors (Lipinski definition) is 3. The first-order chi connectivity index (χ1) is 8.08. The van der Waals surface area contributed by atoms with E-state index < -0.39 is 14.4 Å². The van der Waals surface area contributed by atoms with Crippen molar-refractivity contribution in [2.24, 2.45) is 5.92 Å². The summed E-state index contributed by atoms with van der Waals surface area (Å²) in [7, 11) is -1.92. The van der Waals surface area contributed by atoms with Gasteiger partial charge in [0.2, 0.25) is 0 Å². The predicted molar refractivity (Wildman–Crippen MR) is 72.2 cm³/mol. The Morgan fingerprint density at radius 1 is 1.39 bits per heavy atom. The van der Waals surface area contributed by atoms with Gasteiger partial charge in [-0.15, -0.1) is 0 Å². The van der Waals surface area contributed by atoms with Crippen LogP contribution in [-0.4, -0.2) is 55.3 Å². The third kappa shape index (κ3) is 3.24. The van der Waals surface area contributed by atoms with Gasteiger partial charge in [-0.05, 0) is 18.1 Å². The highest BCUT2D eigenvalue weighted by Crippen LogP contribution is 2.39. The van der Waals surface area contributed by atoms with E-state index in [1.807, 2.05) is 0 Å². The average Bonchev–Trinajstić information content (AvgIpc) is 2.58. The van der Waals surface area contributed by atoms with Gasteiger partial charge in [-0.25, -0.2) is 4.79 Å². The van der Waals surface area contributed by atoms with Crippen LogP contribution < -0.4 is 0 Å². The standard InChI is InChI=1S/C12H25NO4Si/c1-12(2,3)18(4,5)17-10-7-13(11(15)16)6-9(10)8-14/h9-10,14H,6-8H2,1-5H3,(H,15,16). The Balaban J connectivity index is 2.74. The number of aliphatic hydroxyl groups excluding tert-OH is 1. The van der Waals surface area contributed by atoms with E-state index in [0.29, 0.717) is 13.1 Å². The maximum atomic E-state index is 11.0. The van der Waals surface area contributed by atoms with Gasteiger partial charge in [-0.2, -0.15) is 0 Å². The zero-order chi connectivity index (χ0) is 14.1. The van der Waals surface area contributed by atoms with E-state index >= 15 is 0 Å². The monoisotopic (exact) mass is 275 g/mol. The van der Waals surface area contributed by atoms with Crippen molar-refractivity contribution in [2.45, 2.75) is 45.0 Å². The Morgan fingerprint density at radius 3 is 2.33 bits per heavy atom. The molecule has 18 heavy (non-hydrogen) atoms. The summed E-state index contributed by atoms with van der Waals surface area (Å²) in [5.41, 5.74) is 0. The van der Waals surface area contributed by atoms with E-state index in [-0.39, 0.29) is 23.7 Å². The van der Waals surface area contributed by atoms with Gasteiger partial charge in [0.15, 0.2) is 8.32 Å². The molecule has 1 rings (SSSR count). The largest absolute Gasteiger partial charge is 0.465 e. The van der Waals surface area contributed by atoms with Crippen molar-refractivity contribution in [2.75, 3.05) is 19.7 Å². The van der Waals surface area contributed by atoms with Crippen LogP contribution in [0.25, 0.3) is 0 Å². The summed E-state index contributed by atoms with van der Waals surface area (Å²) >= 11 is 0. The maximum absolute atomic E-state index is 11.0. The highest BCUT2D eigenvalue weighted by molar-refractivity contribution is 6.74. The van der Waals surface area contributed by atoms with Gasteiger partial charge < -0.3 is 19.5 Å². The molecule has 6 heteroatoms. The molecule has 1 aliphatic rings. The molecular formula is C12H25NO4Si. The second-order valence-corrected chi connectivity index (χ2v) is 11.3. The summed E-state index contributed by atoms with van der Waals surface area (Å²) in [5.74, 6) is -0.102. The maximum Gasteiger partial charge on any atom is 0.407 e. The number of amides is 1. The molecule has 0 aliphatic carbocycles. The number of carbonyl (C=O) groups is 1. The second kappa shape index (κ2) is 5.18. The van der Waals surface area contributed by atoms with E-state index in [9.17, 15) is 9.90 Å². The quantitative estimate of drug-likeness (QED) is 0.773. The lowest BCUT2D eigenvalue weighted by Crippen LogP contribution is -2.46. The molecule has 0 aromatic carbocycles. The van der Waals surface area contributed by atoms with Gasteiger partial charge in [0.1, 0.15) is 0 Å². The van der Waals surface area contributed by atoms with Crippen LogP contribution in [0, 0.1) is 5.92 Å². The number of aliphatic hydroxyl groups is 1. The van der Waals surface area contributed by atoms with Gasteiger partial charge in [0, 0.05) is 19.0 Å². The number of nitrogens with zero attached hydrogens (tertiary/aromatic N) is 1. The van der Waals surface area contributed by atoms with E-state index in [4.69, 9.17) is 9.53 Å². The molecule has 0 radical (unpaired) electrons. The van der Waals surface area contributed by atoms with Crippen LogP contribution >= 0.6 is 0 Å². The Labute approximate surface area is 110 Å². The van der Waals surface area contributed by atoms with Crippen molar-refractivity contribution in [3.8, 4) is 0 Å². The molecule has 1 fully saturated rings. The van der Waals surface area contributed by atoms with E-state index in [1.165, 1.54) is 4.90 Å². The predicted octanol–water partition coefficient (Wildman–Crippen LogP) is 1.98. The van der Waals surface area contributed by atoms with E-state index in [0.717, 1.165) is 0 Å². The molecule has 5 nitrogen and oxygen atoms in total. The lowest BCUT2D eigenvalue weighted by molar-refractivity contribution is 0.109. The summed E-state index contributed by atoms with van der Waals surface area (Å²) in [6.45, 7) is 11.4. The molecule has 0 spiro atoms. The molecule has 1 saturated heterocycles. The molecule has 0 aromatic rings. The van der Waals surface area contributed by atoms with Crippen molar-refractivity contribution >= 4 is 14.4 Å². The molecule has 0 bridgehead atoms. The van der Waals surface area contributed by atoms with Crippen LogP contribution in [0.15, 0.2) is 0 Å². The highest BCUT2D eigenvalue weighted by atomic mass is 28.4. The summed E-state index contributed by atoms with van der Waals surface area (Å²) in [4.78, 5) is 12.3. The molecular weight excluding hydrogens is 250 g/mol. The fourth-order valence-electron chi connectivity index (χ4n) is 1.86. The zero-order valence-electron chi connectivity index (χ0n) is 11.9. The fraction of sp³-hybridized carbons (Fsp3) is 0.917. The van der Waals surface area contributed by atoms with Crippen molar-refractivity contribution in [1.82, 2.24) is 4.90 Å². The number of carboxylic acid groups (broad SMARTS) is 1. The minimum atomic E-state index is -1.92. The van der Waals surface area contributed by atoms with Crippen LogP contribution in [0.2, 0.25) is 18.1 Å². The summed E-state index contributed by atoms with van der Waals surface area (Å²) in [6, 6.07) is 0. The van der Waals surface area contributed by atoms with Gasteiger partial charge in [0.05, 0.1) is 12.7 Å². The van der Waals surface area contributed by atoms with Crippen LogP contribution in [0.4, 0.5) is 4.79 Å². The van der Waals surface area contributed by atoms with Crippen molar-refractivity contribution in [1.29, 1.82) is 0 Å². The first kappa shape index (κ1) is 15.5. The lowest BCUT2D eigenvalue weighted by Gasteiger charge is -2.39. The highest BCUT2D eigenvalue weighted by Gasteiger charge is 2.44. The van der Waals surface area contributed by atoms with Crippen molar-refractivity contribution < 1.29 is 19.4 Å². The van der Waals surface area contributed by atoms with Gasteiger partial charge in [-0.3, -0.25) is 0 Å². The average molecular weight is 275 g/mol. The summed E-state index contributed by atoms with van der Waals surface area (Å²) in [5, 5.41) is 18.4. The van der Waals surface area contributed by atoms with Crippen LogP contribution in [-0.2, 0) is 4.43 Å². The number of hydrogen-bond donors (Lipinski definition) is 2. The van der Waals surface area contributed by atoms with Gasteiger partial charge in [0.25, 0.3) is 0 Å². The minimum absolute atomic E-state index is 0.0247. The Morgan fingerprint density at radius 2 is 1.94 bits per heavy atom. The lowest BCUT2D eigenvalue weighted by atomic mass is 10.1. The molecule has 2 N–H and O–H groups in total. The first-order valence-electron chi connectivity index (χ1n) is 6.35. The van der Waals surface area contributed by atoms with Crippen LogP contribution in [0.1, 0.15) is 20.8 Å². The van der Waals surface area contributed by atoms with E-state index in [2.05, 4.69) is 33.9 Å². The van der Waals surface area contributed by atoms with Gasteiger partial charge >= 0.3 is 6.09 Å². The smallest absolute Gasteiger partial charge is 0.407 e. The molecule has 106 valence electrons. The Bertz CT molecular complexity index is 314. The van der Waals surface area contributed by atoms with Crippen molar-refractivity contribution in [3.63, 3.8) is 0 Å². The van der Waals surface area contributed by atoms with Gasteiger partial charge in [-0.1, -0.05) is 20.8 Å². The van der Waals surface area contributed by atoms with Crippen LogP contribution in [0.3, 0.4) is 0 Å². The second-order valence-electron chi connectivity index (χ2n) is 6.55. The Hall–Kier alpha value is -0.593. The number of likely N-dealkylation sites (tertiary alicyclic amines) is 1. The summed E-state index contributed by atoms with van der Waals surface area (Å²) < 4.78 is 6.22. The molecule has 1 heterocycles. The normalized spacial score (nSPS) is 25.6. The van der Waals surface area contributed by atoms with Crippen molar-refractivity contribution in [3.05, 3.63) is 0 Å². The summed E-state index contributed by atoms with van der Waals surface area (Å²) in [6.07, 6.45) is -1.11. The third-order valence-electron chi connectivity index (χ3n) is 4.14. The minimum Gasteiger partial charge on any atom is -0.465 e. The molecule has 0 aromatic heterocycles. The third-order valence-corrected chi connectivity index (χ3v) is 8.64. The molecule has 2 unspecified atom stereocenters. The molecule has 1 amide bonds. The molecule has 1 aliphatic heterocycles. The zero-order valence-corrected chi connectivity index (χ0v) is 12.9. The topological polar surface area (TPSA) is 70.0 Å². The number of rotatable bonds is 3. The van der Waals surface area contributed by atoms with Crippen LogP contribution in [0.5, 0.6) is 0 Å². The molecule has 2 atom stereocenters. The fourth-order valence-corrected chi connectivity index (χ4v) is 3.24.